The van der Waals surface area contributed by atoms with Gasteiger partial charge in [-0.2, -0.15) is 0 Å². The molecule has 3 heterocycles. The molecule has 1 saturated heterocycles. The Bertz CT molecular complexity index is 1390. The maximum Gasteiger partial charge on any atom is 0.228 e. The lowest BCUT2D eigenvalue weighted by atomic mass is 9.94. The number of amides is 1. The maximum absolute atomic E-state index is 13.6. The number of hydrogen-bond acceptors (Lipinski definition) is 7. The van der Waals surface area contributed by atoms with Crippen LogP contribution in [0.3, 0.4) is 0 Å². The van der Waals surface area contributed by atoms with Gasteiger partial charge in [0.05, 0.1) is 10.4 Å². The van der Waals surface area contributed by atoms with Crippen molar-refractivity contribution in [3.63, 3.8) is 0 Å². The zero-order valence-corrected chi connectivity index (χ0v) is 25.2. The molecule has 0 bridgehead atoms. The predicted molar refractivity (Wildman–Crippen MR) is 161 cm³/mol. The van der Waals surface area contributed by atoms with Crippen molar-refractivity contribution in [1.82, 2.24) is 19.8 Å². The molecule has 0 aliphatic carbocycles. The number of hydrogen-bond donors (Lipinski definition) is 1. The van der Waals surface area contributed by atoms with E-state index in [-0.39, 0.29) is 22.1 Å². The fourth-order valence-corrected chi connectivity index (χ4v) is 6.19. The average Bonchev–Trinajstić information content (AvgIpc) is 3.27. The standard InChI is InChI=1S/C30H37ClFN5O2S/c1-5-7-22-25(40-28-26(22)27(33-19-34-28)35-20-9-11-24(32)23(31)18-20)12-10-21(38)8-6-13-36-14-16-37(17-15-36)29(39)30(2,3)4/h6,8-9,11,18-19H,5,7,10,12-17H2,1-4H3,(H,33,34,35)/b8-6+. The number of allylic oxidation sites excluding steroid dienone is 1. The van der Waals surface area contributed by atoms with Crippen molar-refractivity contribution in [3.8, 4) is 0 Å². The molecule has 1 aliphatic rings. The van der Waals surface area contributed by atoms with Gasteiger partial charge in [0.1, 0.15) is 22.8 Å². The van der Waals surface area contributed by atoms with Gasteiger partial charge < -0.3 is 10.2 Å². The van der Waals surface area contributed by atoms with Gasteiger partial charge in [0.2, 0.25) is 5.91 Å². The third-order valence-corrected chi connectivity index (χ3v) is 8.41. The number of carbonyl (C=O) groups excluding carboxylic acids is 2. The number of nitrogens with one attached hydrogen (secondary N) is 1. The summed E-state index contributed by atoms with van der Waals surface area (Å²) in [7, 11) is 0. The van der Waals surface area contributed by atoms with E-state index < -0.39 is 5.82 Å². The number of piperazine rings is 1. The van der Waals surface area contributed by atoms with E-state index in [2.05, 4.69) is 27.1 Å². The molecule has 10 heteroatoms. The van der Waals surface area contributed by atoms with Crippen LogP contribution in [0.4, 0.5) is 15.9 Å². The molecule has 0 spiro atoms. The highest BCUT2D eigenvalue weighted by atomic mass is 35.5. The molecule has 0 atom stereocenters. The van der Waals surface area contributed by atoms with Crippen LogP contribution < -0.4 is 5.32 Å². The Balaban J connectivity index is 1.37. The monoisotopic (exact) mass is 585 g/mol. The Kier molecular flexibility index (Phi) is 9.92. The Morgan fingerprint density at radius 1 is 1.15 bits per heavy atom. The molecule has 214 valence electrons. The number of benzene rings is 1. The van der Waals surface area contributed by atoms with Gasteiger partial charge in [0.15, 0.2) is 5.78 Å². The predicted octanol–water partition coefficient (Wildman–Crippen LogP) is 6.43. The third-order valence-electron chi connectivity index (χ3n) is 6.92. The van der Waals surface area contributed by atoms with Crippen molar-refractivity contribution >= 4 is 56.4 Å². The molecule has 7 nitrogen and oxygen atoms in total. The Morgan fingerprint density at radius 3 is 2.58 bits per heavy atom. The second-order valence-electron chi connectivity index (χ2n) is 11.1. The number of carbonyl (C=O) groups is 2. The zero-order chi connectivity index (χ0) is 28.9. The van der Waals surface area contributed by atoms with Crippen molar-refractivity contribution in [3.05, 3.63) is 58.0 Å². The lowest BCUT2D eigenvalue weighted by Gasteiger charge is -2.37. The van der Waals surface area contributed by atoms with E-state index in [1.54, 1.807) is 23.5 Å². The number of nitrogens with zero attached hydrogens (tertiary/aromatic N) is 4. The SMILES string of the molecule is CCCc1c(CCC(=O)/C=C/CN2CCN(C(=O)C(C)(C)C)CC2)sc2ncnc(Nc3ccc(F)c(Cl)c3)c12. The molecule has 0 saturated carbocycles. The number of anilines is 2. The number of ketones is 1. The summed E-state index contributed by atoms with van der Waals surface area (Å²) in [6.07, 6.45) is 7.96. The summed E-state index contributed by atoms with van der Waals surface area (Å²) in [5.74, 6) is 0.453. The zero-order valence-electron chi connectivity index (χ0n) is 23.6. The van der Waals surface area contributed by atoms with Gasteiger partial charge in [-0.1, -0.05) is 51.8 Å². The molecule has 1 fully saturated rings. The summed E-state index contributed by atoms with van der Waals surface area (Å²) in [6, 6.07) is 4.48. The van der Waals surface area contributed by atoms with Crippen molar-refractivity contribution in [2.75, 3.05) is 38.0 Å². The molecule has 1 amide bonds. The van der Waals surface area contributed by atoms with Crippen LogP contribution in [0.2, 0.25) is 5.02 Å². The van der Waals surface area contributed by atoms with Crippen LogP contribution in [0.25, 0.3) is 10.2 Å². The number of rotatable bonds is 10. The van der Waals surface area contributed by atoms with Gasteiger partial charge in [0.25, 0.3) is 0 Å². The first-order valence-electron chi connectivity index (χ1n) is 13.7. The minimum atomic E-state index is -0.474. The number of aryl methyl sites for hydroxylation is 2. The van der Waals surface area contributed by atoms with Crippen molar-refractivity contribution in [2.45, 2.75) is 53.4 Å². The van der Waals surface area contributed by atoms with Gasteiger partial charge in [-0.25, -0.2) is 14.4 Å². The molecule has 4 rings (SSSR count). The number of aromatic nitrogens is 2. The summed E-state index contributed by atoms with van der Waals surface area (Å²) in [6.45, 7) is 11.7. The van der Waals surface area contributed by atoms with Crippen LogP contribution in [0.1, 0.15) is 51.0 Å². The van der Waals surface area contributed by atoms with Gasteiger partial charge in [-0.05, 0) is 42.7 Å². The van der Waals surface area contributed by atoms with Gasteiger partial charge in [0, 0.05) is 55.1 Å². The fourth-order valence-electron chi connectivity index (χ4n) is 4.82. The normalized spacial score (nSPS) is 14.8. The molecule has 0 radical (unpaired) electrons. The topological polar surface area (TPSA) is 78.4 Å². The number of halogens is 2. The number of fused-ring (bicyclic) bond motifs is 1. The van der Waals surface area contributed by atoms with E-state index in [1.807, 2.05) is 31.7 Å². The minimum absolute atomic E-state index is 0.0413. The fraction of sp³-hybridized carbons (Fsp3) is 0.467. The Labute approximate surface area is 244 Å². The second-order valence-corrected chi connectivity index (χ2v) is 12.6. The largest absolute Gasteiger partial charge is 0.340 e. The molecule has 3 aromatic rings. The van der Waals surface area contributed by atoms with Crippen LogP contribution in [0.15, 0.2) is 36.7 Å². The summed E-state index contributed by atoms with van der Waals surface area (Å²) < 4.78 is 13.6. The molecular formula is C30H37ClFN5O2S. The molecular weight excluding hydrogens is 549 g/mol. The van der Waals surface area contributed by atoms with Crippen molar-refractivity contribution in [1.29, 1.82) is 0 Å². The lowest BCUT2D eigenvalue weighted by Crippen LogP contribution is -2.51. The van der Waals surface area contributed by atoms with Gasteiger partial charge in [-0.15, -0.1) is 11.3 Å². The van der Waals surface area contributed by atoms with E-state index in [1.165, 1.54) is 18.5 Å². The molecule has 1 aliphatic heterocycles. The van der Waals surface area contributed by atoms with Crippen LogP contribution in [-0.2, 0) is 22.4 Å². The summed E-state index contributed by atoms with van der Waals surface area (Å²) in [5, 5.41) is 4.25. The smallest absolute Gasteiger partial charge is 0.228 e. The molecule has 1 aromatic carbocycles. The third kappa shape index (κ3) is 7.44. The summed E-state index contributed by atoms with van der Waals surface area (Å²) in [5.41, 5.74) is 1.43. The van der Waals surface area contributed by atoms with Crippen molar-refractivity contribution < 1.29 is 14.0 Å². The second kappa shape index (κ2) is 13.2. The average molecular weight is 586 g/mol. The van der Waals surface area contributed by atoms with E-state index in [9.17, 15) is 14.0 Å². The Morgan fingerprint density at radius 2 is 1.90 bits per heavy atom. The summed E-state index contributed by atoms with van der Waals surface area (Å²) >= 11 is 7.56. The highest BCUT2D eigenvalue weighted by Crippen LogP contribution is 2.37. The Hall–Kier alpha value is -2.88. The van der Waals surface area contributed by atoms with Gasteiger partial charge >= 0.3 is 0 Å². The van der Waals surface area contributed by atoms with Crippen molar-refractivity contribution in [2.24, 2.45) is 5.41 Å². The van der Waals surface area contributed by atoms with E-state index in [0.717, 1.165) is 59.7 Å². The minimum Gasteiger partial charge on any atom is -0.340 e. The summed E-state index contributed by atoms with van der Waals surface area (Å²) in [4.78, 5) is 40.4. The first-order chi connectivity index (χ1) is 19.1. The van der Waals surface area contributed by atoms with E-state index in [4.69, 9.17) is 11.6 Å². The first-order valence-corrected chi connectivity index (χ1v) is 14.9. The van der Waals surface area contributed by atoms with Gasteiger partial charge in [-0.3, -0.25) is 14.5 Å². The van der Waals surface area contributed by atoms with Crippen LogP contribution in [0.5, 0.6) is 0 Å². The molecule has 40 heavy (non-hydrogen) atoms. The number of thiophene rings is 1. The van der Waals surface area contributed by atoms with Crippen LogP contribution in [0, 0.1) is 11.2 Å². The molecule has 2 aromatic heterocycles. The molecule has 1 N–H and O–H groups in total. The highest BCUT2D eigenvalue weighted by molar-refractivity contribution is 7.19. The van der Waals surface area contributed by atoms with Crippen LogP contribution in [-0.4, -0.2) is 64.2 Å². The van der Waals surface area contributed by atoms with E-state index in [0.29, 0.717) is 30.9 Å². The van der Waals surface area contributed by atoms with Crippen LogP contribution >= 0.6 is 22.9 Å². The first kappa shape index (κ1) is 30.1. The quantitative estimate of drug-likeness (QED) is 0.276. The highest BCUT2D eigenvalue weighted by Gasteiger charge is 2.29. The lowest BCUT2D eigenvalue weighted by molar-refractivity contribution is -0.141. The maximum atomic E-state index is 13.6. The molecule has 0 unspecified atom stereocenters. The van der Waals surface area contributed by atoms with E-state index >= 15 is 0 Å².